The molecule has 0 amide bonds. The summed E-state index contributed by atoms with van der Waals surface area (Å²) < 4.78 is 1.13. The molecule has 17 heavy (non-hydrogen) atoms. The minimum absolute atomic E-state index is 0.353. The molecular formula is C11H11N3O3. The molecule has 0 aromatic carbocycles. The van der Waals surface area contributed by atoms with E-state index >= 15 is 0 Å². The van der Waals surface area contributed by atoms with Crippen LogP contribution in [0.15, 0.2) is 23.1 Å². The number of fused-ring (bicyclic) bond motifs is 1. The number of nitrogens with one attached hydrogen (secondary N) is 1. The van der Waals surface area contributed by atoms with Crippen molar-refractivity contribution in [2.45, 2.75) is 13.8 Å². The maximum absolute atomic E-state index is 11.8. The normalized spacial score (nSPS) is 12.0. The van der Waals surface area contributed by atoms with E-state index in [1.54, 1.807) is 6.07 Å². The number of rotatable bonds is 2. The second-order valence-electron chi connectivity index (χ2n) is 3.62. The Kier molecular flexibility index (Phi) is 2.55. The summed E-state index contributed by atoms with van der Waals surface area (Å²) in [7, 11) is 0. The molecule has 6 heteroatoms. The molecule has 0 aliphatic rings. The van der Waals surface area contributed by atoms with E-state index < -0.39 is 11.5 Å². The predicted octanol–water partition coefficient (Wildman–Crippen LogP) is 1.14. The number of aromatic carboxylic acids is 1. The van der Waals surface area contributed by atoms with Crippen LogP contribution in [-0.4, -0.2) is 25.7 Å². The lowest BCUT2D eigenvalue weighted by molar-refractivity contribution is 0.0694. The number of H-pyrrole nitrogens is 1. The molecule has 2 N–H and O–H groups in total. The topological polar surface area (TPSA) is 87.5 Å². The summed E-state index contributed by atoms with van der Waals surface area (Å²) in [5.41, 5.74) is 1.12. The summed E-state index contributed by atoms with van der Waals surface area (Å²) in [6, 6.07) is 1.70. The Balaban J connectivity index is 2.75. The first-order chi connectivity index (χ1) is 8.04. The van der Waals surface area contributed by atoms with E-state index in [9.17, 15) is 9.59 Å². The van der Waals surface area contributed by atoms with Crippen LogP contribution in [0.25, 0.3) is 11.2 Å². The molecule has 88 valence electrons. The standard InChI is InChI=1S/C11H11N3O3/c1-3-6(2)8-4-9-12-5-7(11(16)17)10(15)14(9)13-8/h3-5,13H,1-2H3,(H,16,17)/b6-3+. The van der Waals surface area contributed by atoms with Crippen LogP contribution in [0.4, 0.5) is 0 Å². The number of hydrogen-bond donors (Lipinski definition) is 2. The Hall–Kier alpha value is -2.37. The van der Waals surface area contributed by atoms with E-state index in [1.165, 1.54) is 0 Å². The van der Waals surface area contributed by atoms with Gasteiger partial charge in [-0.2, -0.15) is 0 Å². The third-order valence-electron chi connectivity index (χ3n) is 2.58. The van der Waals surface area contributed by atoms with Gasteiger partial charge in [-0.15, -0.1) is 0 Å². The van der Waals surface area contributed by atoms with Crippen LogP contribution in [0.1, 0.15) is 29.9 Å². The fourth-order valence-electron chi connectivity index (χ4n) is 1.46. The van der Waals surface area contributed by atoms with Crippen LogP contribution >= 0.6 is 0 Å². The summed E-state index contributed by atoms with van der Waals surface area (Å²) >= 11 is 0. The largest absolute Gasteiger partial charge is 0.477 e. The van der Waals surface area contributed by atoms with Crippen LogP contribution in [-0.2, 0) is 0 Å². The van der Waals surface area contributed by atoms with Gasteiger partial charge in [0.05, 0.1) is 5.69 Å². The minimum atomic E-state index is -1.28. The Morgan fingerprint density at radius 2 is 2.29 bits per heavy atom. The first-order valence-electron chi connectivity index (χ1n) is 5.02. The number of carbonyl (C=O) groups is 1. The van der Waals surface area contributed by atoms with Crippen LogP contribution < -0.4 is 5.56 Å². The van der Waals surface area contributed by atoms with Gasteiger partial charge in [0.1, 0.15) is 5.56 Å². The quantitative estimate of drug-likeness (QED) is 0.814. The number of allylic oxidation sites excluding steroid dienone is 2. The number of carboxylic acids is 1. The van der Waals surface area contributed by atoms with Crippen molar-refractivity contribution in [3.05, 3.63) is 40.0 Å². The maximum atomic E-state index is 11.8. The van der Waals surface area contributed by atoms with Gasteiger partial charge in [0.2, 0.25) is 0 Å². The van der Waals surface area contributed by atoms with Crippen molar-refractivity contribution in [2.75, 3.05) is 0 Å². The SMILES string of the molecule is C/C=C(\C)c1cc2ncc(C(=O)O)c(=O)n2[nH]1. The molecule has 0 radical (unpaired) electrons. The number of aromatic nitrogens is 3. The zero-order chi connectivity index (χ0) is 12.6. The molecule has 0 saturated carbocycles. The molecule has 0 atom stereocenters. The molecule has 2 aromatic heterocycles. The van der Waals surface area contributed by atoms with Gasteiger partial charge in [-0.3, -0.25) is 9.89 Å². The molecule has 2 rings (SSSR count). The summed E-state index contributed by atoms with van der Waals surface area (Å²) in [6.45, 7) is 3.76. The molecule has 0 aliphatic heterocycles. The zero-order valence-electron chi connectivity index (χ0n) is 9.39. The lowest BCUT2D eigenvalue weighted by atomic mass is 10.2. The smallest absolute Gasteiger partial charge is 0.343 e. The molecule has 0 spiro atoms. The maximum Gasteiger partial charge on any atom is 0.343 e. The zero-order valence-corrected chi connectivity index (χ0v) is 9.39. The lowest BCUT2D eigenvalue weighted by Gasteiger charge is -1.95. The van der Waals surface area contributed by atoms with Gasteiger partial charge in [0.15, 0.2) is 5.65 Å². The van der Waals surface area contributed by atoms with Crippen molar-refractivity contribution in [3.8, 4) is 0 Å². The average molecular weight is 233 g/mol. The summed E-state index contributed by atoms with van der Waals surface area (Å²) in [4.78, 5) is 26.5. The van der Waals surface area contributed by atoms with Gasteiger partial charge in [0.25, 0.3) is 5.56 Å². The van der Waals surface area contributed by atoms with Gasteiger partial charge in [-0.25, -0.2) is 14.3 Å². The van der Waals surface area contributed by atoms with Crippen LogP contribution in [0.3, 0.4) is 0 Å². The number of aromatic amines is 1. The molecule has 0 bridgehead atoms. The predicted molar refractivity (Wildman–Crippen MR) is 62.1 cm³/mol. The van der Waals surface area contributed by atoms with Crippen molar-refractivity contribution in [2.24, 2.45) is 0 Å². The first-order valence-corrected chi connectivity index (χ1v) is 5.02. The molecular weight excluding hydrogens is 222 g/mol. The Bertz CT molecular complexity index is 679. The molecule has 2 aromatic rings. The third kappa shape index (κ3) is 1.73. The molecule has 0 unspecified atom stereocenters. The average Bonchev–Trinajstić information content (AvgIpc) is 2.72. The van der Waals surface area contributed by atoms with Crippen molar-refractivity contribution in [1.29, 1.82) is 0 Å². The number of carboxylic acid groups (broad SMARTS) is 1. The summed E-state index contributed by atoms with van der Waals surface area (Å²) in [5.74, 6) is -1.28. The number of nitrogens with zero attached hydrogens (tertiary/aromatic N) is 2. The van der Waals surface area contributed by atoms with Crippen molar-refractivity contribution < 1.29 is 9.90 Å². The van der Waals surface area contributed by atoms with E-state index in [-0.39, 0.29) is 5.56 Å². The Morgan fingerprint density at radius 1 is 1.59 bits per heavy atom. The van der Waals surface area contributed by atoms with Crippen molar-refractivity contribution >= 4 is 17.2 Å². The fraction of sp³-hybridized carbons (Fsp3) is 0.182. The van der Waals surface area contributed by atoms with Crippen molar-refractivity contribution in [1.82, 2.24) is 14.6 Å². The highest BCUT2D eigenvalue weighted by molar-refractivity contribution is 5.87. The monoisotopic (exact) mass is 233 g/mol. The molecule has 0 saturated heterocycles. The highest BCUT2D eigenvalue weighted by atomic mass is 16.4. The van der Waals surface area contributed by atoms with Gasteiger partial charge in [-0.1, -0.05) is 6.08 Å². The number of hydrogen-bond acceptors (Lipinski definition) is 3. The van der Waals surface area contributed by atoms with Gasteiger partial charge >= 0.3 is 5.97 Å². The van der Waals surface area contributed by atoms with E-state index in [4.69, 9.17) is 5.11 Å². The first kappa shape index (κ1) is 11.1. The van der Waals surface area contributed by atoms with Gasteiger partial charge in [-0.05, 0) is 19.4 Å². The van der Waals surface area contributed by atoms with E-state index in [2.05, 4.69) is 10.1 Å². The highest BCUT2D eigenvalue weighted by Gasteiger charge is 2.13. The Labute approximate surface area is 96.2 Å². The third-order valence-corrected chi connectivity index (χ3v) is 2.58. The minimum Gasteiger partial charge on any atom is -0.477 e. The van der Waals surface area contributed by atoms with Crippen LogP contribution in [0.5, 0.6) is 0 Å². The lowest BCUT2D eigenvalue weighted by Crippen LogP contribution is -2.22. The highest BCUT2D eigenvalue weighted by Crippen LogP contribution is 2.12. The van der Waals surface area contributed by atoms with E-state index in [0.29, 0.717) is 5.65 Å². The summed E-state index contributed by atoms with van der Waals surface area (Å²) in [6.07, 6.45) is 2.95. The molecule has 0 fully saturated rings. The molecule has 6 nitrogen and oxygen atoms in total. The van der Waals surface area contributed by atoms with E-state index in [1.807, 2.05) is 19.9 Å². The van der Waals surface area contributed by atoms with Crippen molar-refractivity contribution in [3.63, 3.8) is 0 Å². The van der Waals surface area contributed by atoms with Crippen LogP contribution in [0.2, 0.25) is 0 Å². The fourth-order valence-corrected chi connectivity index (χ4v) is 1.46. The molecule has 2 heterocycles. The van der Waals surface area contributed by atoms with Crippen LogP contribution in [0, 0.1) is 0 Å². The van der Waals surface area contributed by atoms with E-state index in [0.717, 1.165) is 22.0 Å². The molecule has 0 aliphatic carbocycles. The second-order valence-corrected chi connectivity index (χ2v) is 3.62. The summed E-state index contributed by atoms with van der Waals surface area (Å²) in [5, 5.41) is 11.6. The van der Waals surface area contributed by atoms with Gasteiger partial charge in [0, 0.05) is 12.3 Å². The Morgan fingerprint density at radius 3 is 2.88 bits per heavy atom. The second kappa shape index (κ2) is 3.89. The van der Waals surface area contributed by atoms with Gasteiger partial charge < -0.3 is 5.11 Å².